The number of hydrogen-bond donors (Lipinski definition) is 1. The molecule has 1 N–H and O–H groups in total. The fourth-order valence-electron chi connectivity index (χ4n) is 3.37. The van der Waals surface area contributed by atoms with E-state index in [0.717, 1.165) is 53.5 Å². The highest BCUT2D eigenvalue weighted by atomic mass is 35.5. The molecule has 0 saturated heterocycles. The predicted octanol–water partition coefficient (Wildman–Crippen LogP) is 5.81. The third-order valence-electron chi connectivity index (χ3n) is 5.03. The zero-order valence-corrected chi connectivity index (χ0v) is 19.3. The number of halogens is 1. The molecule has 160 valence electrons. The van der Waals surface area contributed by atoms with E-state index >= 15 is 0 Å². The van der Waals surface area contributed by atoms with E-state index in [9.17, 15) is 4.79 Å². The van der Waals surface area contributed by atoms with E-state index in [2.05, 4.69) is 16.8 Å². The lowest BCUT2D eigenvalue weighted by Crippen LogP contribution is -2.24. The molecule has 0 aliphatic carbocycles. The van der Waals surface area contributed by atoms with Gasteiger partial charge in [-0.05, 0) is 31.9 Å². The number of rotatable bonds is 10. The van der Waals surface area contributed by atoms with Crippen molar-refractivity contribution < 1.29 is 9.53 Å². The maximum atomic E-state index is 12.8. The van der Waals surface area contributed by atoms with Gasteiger partial charge in [-0.2, -0.15) is 0 Å². The van der Waals surface area contributed by atoms with Gasteiger partial charge in [0.15, 0.2) is 0 Å². The first-order valence-electron chi connectivity index (χ1n) is 10.2. The third-order valence-corrected chi connectivity index (χ3v) is 6.23. The van der Waals surface area contributed by atoms with Crippen LogP contribution in [0, 0.1) is 6.92 Å². The number of nitrogens with zero attached hydrogens (tertiary/aromatic N) is 2. The molecule has 1 aromatic carbocycles. The molecule has 7 heteroatoms. The van der Waals surface area contributed by atoms with Gasteiger partial charge in [-0.25, -0.2) is 4.98 Å². The quantitative estimate of drug-likeness (QED) is 0.401. The Bertz CT molecular complexity index is 996. The van der Waals surface area contributed by atoms with Crippen molar-refractivity contribution in [2.75, 3.05) is 20.3 Å². The fourth-order valence-corrected chi connectivity index (χ4v) is 4.50. The van der Waals surface area contributed by atoms with Crippen molar-refractivity contribution in [2.24, 2.45) is 0 Å². The molecule has 0 saturated carbocycles. The molecule has 1 amide bonds. The zero-order valence-electron chi connectivity index (χ0n) is 17.7. The Kier molecular flexibility index (Phi) is 8.08. The van der Waals surface area contributed by atoms with Crippen LogP contribution in [0.3, 0.4) is 0 Å². The van der Waals surface area contributed by atoms with E-state index in [1.165, 1.54) is 0 Å². The molecule has 5 nitrogen and oxygen atoms in total. The van der Waals surface area contributed by atoms with Gasteiger partial charge >= 0.3 is 0 Å². The summed E-state index contributed by atoms with van der Waals surface area (Å²) < 4.78 is 7.39. The summed E-state index contributed by atoms with van der Waals surface area (Å²) in [4.78, 5) is 17.6. The van der Waals surface area contributed by atoms with Gasteiger partial charge in [0.1, 0.15) is 5.01 Å². The second-order valence-electron chi connectivity index (χ2n) is 7.15. The molecule has 0 spiro atoms. The number of hydrogen-bond acceptors (Lipinski definition) is 4. The maximum Gasteiger partial charge on any atom is 0.253 e. The predicted molar refractivity (Wildman–Crippen MR) is 124 cm³/mol. The average molecular weight is 446 g/mol. The number of methoxy groups -OCH3 is 1. The van der Waals surface area contributed by atoms with Gasteiger partial charge in [-0.3, -0.25) is 4.79 Å². The number of thiazole rings is 1. The molecule has 0 aliphatic rings. The summed E-state index contributed by atoms with van der Waals surface area (Å²) >= 11 is 7.91. The van der Waals surface area contributed by atoms with Gasteiger partial charge < -0.3 is 14.6 Å². The van der Waals surface area contributed by atoms with Crippen molar-refractivity contribution in [1.29, 1.82) is 0 Å². The van der Waals surface area contributed by atoms with Crippen molar-refractivity contribution in [2.45, 2.75) is 39.7 Å². The number of benzene rings is 1. The second kappa shape index (κ2) is 10.8. The fraction of sp³-hybridized carbons (Fsp3) is 0.391. The first-order chi connectivity index (χ1) is 14.6. The third kappa shape index (κ3) is 5.12. The van der Waals surface area contributed by atoms with Crippen LogP contribution in [0.25, 0.3) is 22.0 Å². The Morgan fingerprint density at radius 1 is 1.30 bits per heavy atom. The molecule has 0 unspecified atom stereocenters. The summed E-state index contributed by atoms with van der Waals surface area (Å²) in [6, 6.07) is 9.66. The van der Waals surface area contributed by atoms with Crippen LogP contribution in [0.4, 0.5) is 0 Å². The van der Waals surface area contributed by atoms with Gasteiger partial charge in [0.2, 0.25) is 0 Å². The summed E-state index contributed by atoms with van der Waals surface area (Å²) in [5, 5.41) is 6.60. The number of ether oxygens (including phenoxy) is 1. The topological polar surface area (TPSA) is 56.2 Å². The largest absolute Gasteiger partial charge is 0.385 e. The smallest absolute Gasteiger partial charge is 0.253 e. The summed E-state index contributed by atoms with van der Waals surface area (Å²) in [6.07, 6.45) is 2.88. The lowest BCUT2D eigenvalue weighted by Gasteiger charge is -2.11. The summed E-state index contributed by atoms with van der Waals surface area (Å²) in [5.41, 5.74) is 4.36. The summed E-state index contributed by atoms with van der Waals surface area (Å²) in [7, 11) is 1.70. The normalized spacial score (nSPS) is 11.1. The van der Waals surface area contributed by atoms with Crippen LogP contribution in [-0.2, 0) is 11.3 Å². The summed E-state index contributed by atoms with van der Waals surface area (Å²) in [5.74, 6) is -0.0331. The molecular weight excluding hydrogens is 418 g/mol. The minimum absolute atomic E-state index is 0.0331. The minimum atomic E-state index is -0.0331. The standard InChI is InChI=1S/C23H28ClN3O2S/c1-4-5-11-25-22(28)18-14-21(27(16(18)2)12-8-13-29-3)20-15-30-23(26-20)17-9-6-7-10-19(17)24/h6-7,9-10,14-15H,4-5,8,11-13H2,1-3H3,(H,25,28). The van der Waals surface area contributed by atoms with Crippen molar-refractivity contribution in [3.8, 4) is 22.0 Å². The van der Waals surface area contributed by atoms with Crippen molar-refractivity contribution in [3.63, 3.8) is 0 Å². The molecule has 0 bridgehead atoms. The maximum absolute atomic E-state index is 12.8. The van der Waals surface area contributed by atoms with Crippen molar-refractivity contribution >= 4 is 28.8 Å². The number of amides is 1. The molecule has 0 aliphatic heterocycles. The molecule has 3 rings (SSSR count). The van der Waals surface area contributed by atoms with E-state index in [-0.39, 0.29) is 5.91 Å². The highest BCUT2D eigenvalue weighted by molar-refractivity contribution is 7.13. The second-order valence-corrected chi connectivity index (χ2v) is 8.42. The Hall–Kier alpha value is -2.15. The van der Waals surface area contributed by atoms with E-state index < -0.39 is 0 Å². The SMILES string of the molecule is CCCCNC(=O)c1cc(-c2csc(-c3ccccc3Cl)n2)n(CCCOC)c1C. The molecule has 3 aromatic rings. The first-order valence-corrected chi connectivity index (χ1v) is 11.5. The number of aromatic nitrogens is 2. The molecule has 2 aromatic heterocycles. The van der Waals surface area contributed by atoms with Crippen LogP contribution in [0.5, 0.6) is 0 Å². The highest BCUT2D eigenvalue weighted by Crippen LogP contribution is 2.34. The van der Waals surface area contributed by atoms with Crippen LogP contribution in [0.2, 0.25) is 5.02 Å². The van der Waals surface area contributed by atoms with Gasteiger partial charge in [0.05, 0.1) is 22.0 Å². The van der Waals surface area contributed by atoms with E-state index in [1.54, 1.807) is 18.4 Å². The van der Waals surface area contributed by atoms with Crippen LogP contribution >= 0.6 is 22.9 Å². The summed E-state index contributed by atoms with van der Waals surface area (Å²) in [6.45, 7) is 6.21. The molecular formula is C23H28ClN3O2S. The Balaban J connectivity index is 1.95. The Labute approximate surface area is 187 Å². The number of unbranched alkanes of at least 4 members (excludes halogenated alkanes) is 1. The van der Waals surface area contributed by atoms with Gasteiger partial charge in [0.25, 0.3) is 5.91 Å². The average Bonchev–Trinajstić information content (AvgIpc) is 3.34. The van der Waals surface area contributed by atoms with E-state index in [0.29, 0.717) is 23.7 Å². The van der Waals surface area contributed by atoms with Crippen LogP contribution in [0.15, 0.2) is 35.7 Å². The van der Waals surface area contributed by atoms with E-state index in [1.807, 2.05) is 42.6 Å². The number of carbonyl (C=O) groups excluding carboxylic acids is 1. The number of carbonyl (C=O) groups is 1. The van der Waals surface area contributed by atoms with Crippen LogP contribution < -0.4 is 5.32 Å². The Morgan fingerprint density at radius 2 is 2.10 bits per heavy atom. The van der Waals surface area contributed by atoms with Crippen molar-refractivity contribution in [3.05, 3.63) is 52.0 Å². The molecule has 2 heterocycles. The van der Waals surface area contributed by atoms with Crippen LogP contribution in [-0.4, -0.2) is 35.7 Å². The van der Waals surface area contributed by atoms with Crippen molar-refractivity contribution in [1.82, 2.24) is 14.9 Å². The molecule has 0 radical (unpaired) electrons. The lowest BCUT2D eigenvalue weighted by molar-refractivity contribution is 0.0952. The molecule has 0 fully saturated rings. The number of nitrogens with one attached hydrogen (secondary N) is 1. The highest BCUT2D eigenvalue weighted by Gasteiger charge is 2.20. The zero-order chi connectivity index (χ0) is 21.5. The van der Waals surface area contributed by atoms with E-state index in [4.69, 9.17) is 21.3 Å². The van der Waals surface area contributed by atoms with Gasteiger partial charge in [-0.15, -0.1) is 11.3 Å². The molecule has 30 heavy (non-hydrogen) atoms. The minimum Gasteiger partial charge on any atom is -0.385 e. The first kappa shape index (κ1) is 22.5. The van der Waals surface area contributed by atoms with Crippen LogP contribution in [0.1, 0.15) is 42.2 Å². The van der Waals surface area contributed by atoms with Gasteiger partial charge in [0, 0.05) is 43.4 Å². The monoisotopic (exact) mass is 445 g/mol. The lowest BCUT2D eigenvalue weighted by atomic mass is 10.2. The Morgan fingerprint density at radius 3 is 2.83 bits per heavy atom. The van der Waals surface area contributed by atoms with Gasteiger partial charge in [-0.1, -0.05) is 43.1 Å². The molecule has 0 atom stereocenters.